The molecule has 0 unspecified atom stereocenters. The lowest BCUT2D eigenvalue weighted by atomic mass is 9.84. The van der Waals surface area contributed by atoms with Crippen LogP contribution in [0.1, 0.15) is 53.2 Å². The van der Waals surface area contributed by atoms with Crippen LogP contribution in [0.5, 0.6) is 28.7 Å². The maximum absolute atomic E-state index is 12.9. The van der Waals surface area contributed by atoms with Gasteiger partial charge >= 0.3 is 5.97 Å². The normalized spacial score (nSPS) is 15.9. The first-order valence-corrected chi connectivity index (χ1v) is 12.1. The van der Waals surface area contributed by atoms with Gasteiger partial charge in [0, 0.05) is 17.9 Å². The number of carbonyl (C=O) groups excluding carboxylic acids is 2. The SMILES string of the molecule is COc1ccc(CCOc2ccc([C@H]3CC(=O)Oc4ccc5c(c43)OC(=C(C)C)C5=O)cc2OC)cc1. The molecule has 0 N–H and O–H groups in total. The Morgan fingerprint density at radius 2 is 1.70 bits per heavy atom. The van der Waals surface area contributed by atoms with E-state index in [1.807, 2.05) is 56.3 Å². The highest BCUT2D eigenvalue weighted by Gasteiger charge is 2.39. The summed E-state index contributed by atoms with van der Waals surface area (Å²) >= 11 is 0. The van der Waals surface area contributed by atoms with Crippen LogP contribution >= 0.6 is 0 Å². The first-order chi connectivity index (χ1) is 17.9. The lowest BCUT2D eigenvalue weighted by Crippen LogP contribution is -2.21. The number of benzene rings is 3. The van der Waals surface area contributed by atoms with E-state index in [1.165, 1.54) is 0 Å². The molecule has 190 valence electrons. The van der Waals surface area contributed by atoms with Gasteiger partial charge in [0.15, 0.2) is 17.3 Å². The summed E-state index contributed by atoms with van der Waals surface area (Å²) in [4.78, 5) is 25.4. The summed E-state index contributed by atoms with van der Waals surface area (Å²) in [5.74, 6) is 2.28. The van der Waals surface area contributed by atoms with Crippen LogP contribution in [0, 0.1) is 0 Å². The highest BCUT2D eigenvalue weighted by Crippen LogP contribution is 2.49. The molecule has 2 aliphatic heterocycles. The van der Waals surface area contributed by atoms with Crippen molar-refractivity contribution in [1.82, 2.24) is 0 Å². The van der Waals surface area contributed by atoms with Crippen LogP contribution in [0.15, 0.2) is 65.9 Å². The number of fused-ring (bicyclic) bond motifs is 3. The second kappa shape index (κ2) is 10.0. The summed E-state index contributed by atoms with van der Waals surface area (Å²) in [5, 5.41) is 0. The summed E-state index contributed by atoms with van der Waals surface area (Å²) in [5.41, 5.74) is 3.93. The molecule has 7 heteroatoms. The fourth-order valence-corrected chi connectivity index (χ4v) is 4.70. The zero-order valence-electron chi connectivity index (χ0n) is 21.3. The molecule has 2 heterocycles. The fourth-order valence-electron chi connectivity index (χ4n) is 4.70. The van der Waals surface area contributed by atoms with Gasteiger partial charge in [0.05, 0.1) is 32.8 Å². The minimum absolute atomic E-state index is 0.117. The molecular formula is C30H28O7. The van der Waals surface area contributed by atoms with E-state index < -0.39 is 0 Å². The number of methoxy groups -OCH3 is 2. The van der Waals surface area contributed by atoms with Gasteiger partial charge in [-0.2, -0.15) is 0 Å². The van der Waals surface area contributed by atoms with Gasteiger partial charge in [-0.1, -0.05) is 18.2 Å². The number of ketones is 1. The minimum atomic E-state index is -0.363. The average molecular weight is 501 g/mol. The number of allylic oxidation sites excluding steroid dienone is 2. The van der Waals surface area contributed by atoms with E-state index in [1.54, 1.807) is 26.4 Å². The van der Waals surface area contributed by atoms with E-state index in [0.717, 1.165) is 28.9 Å². The van der Waals surface area contributed by atoms with E-state index in [-0.39, 0.29) is 24.1 Å². The number of rotatable bonds is 7. The number of hydrogen-bond acceptors (Lipinski definition) is 7. The van der Waals surface area contributed by atoms with Crippen molar-refractivity contribution in [2.45, 2.75) is 32.6 Å². The van der Waals surface area contributed by atoms with Crippen molar-refractivity contribution >= 4 is 11.8 Å². The van der Waals surface area contributed by atoms with E-state index in [2.05, 4.69) is 0 Å². The first-order valence-electron chi connectivity index (χ1n) is 12.1. The summed E-state index contributed by atoms with van der Waals surface area (Å²) in [6.45, 7) is 4.14. The predicted molar refractivity (Wildman–Crippen MR) is 137 cm³/mol. The van der Waals surface area contributed by atoms with Crippen LogP contribution in [-0.2, 0) is 11.2 Å². The number of hydrogen-bond donors (Lipinski definition) is 0. The third-order valence-corrected chi connectivity index (χ3v) is 6.61. The van der Waals surface area contributed by atoms with Gasteiger partial charge in [-0.25, -0.2) is 0 Å². The quantitative estimate of drug-likeness (QED) is 0.236. The molecule has 0 saturated carbocycles. The third kappa shape index (κ3) is 4.65. The Morgan fingerprint density at radius 3 is 2.41 bits per heavy atom. The Morgan fingerprint density at radius 1 is 0.919 bits per heavy atom. The molecule has 0 bridgehead atoms. The van der Waals surface area contributed by atoms with Crippen molar-refractivity contribution in [2.24, 2.45) is 0 Å². The molecule has 3 aromatic rings. The molecule has 2 aliphatic rings. The smallest absolute Gasteiger partial charge is 0.312 e. The summed E-state index contributed by atoms with van der Waals surface area (Å²) in [7, 11) is 3.22. The standard InChI is InChI=1S/C30H28O7/c1-17(2)29-28(32)21-10-12-24-27(30(21)37-29)22(16-26(31)36-24)19-7-11-23(25(15-19)34-4)35-14-13-18-5-8-20(33-3)9-6-18/h5-12,15,22H,13-14,16H2,1-4H3/t22-/m1/s1. The Bertz CT molecular complexity index is 1400. The van der Waals surface area contributed by atoms with Crippen molar-refractivity contribution in [3.05, 3.63) is 88.2 Å². The Hall–Kier alpha value is -4.26. The second-order valence-corrected chi connectivity index (χ2v) is 9.20. The van der Waals surface area contributed by atoms with Crippen LogP contribution in [0.3, 0.4) is 0 Å². The number of Topliss-reactive ketones (excluding diaryl/α,β-unsaturated/α-hetero) is 1. The Kier molecular flexibility index (Phi) is 6.61. The highest BCUT2D eigenvalue weighted by molar-refractivity contribution is 6.13. The van der Waals surface area contributed by atoms with Gasteiger partial charge < -0.3 is 23.7 Å². The second-order valence-electron chi connectivity index (χ2n) is 9.20. The summed E-state index contributed by atoms with van der Waals surface area (Å²) in [6, 6.07) is 16.8. The van der Waals surface area contributed by atoms with Crippen LogP contribution < -0.4 is 23.7 Å². The van der Waals surface area contributed by atoms with E-state index >= 15 is 0 Å². The summed E-state index contributed by atoms with van der Waals surface area (Å²) in [6.07, 6.45) is 0.840. The van der Waals surface area contributed by atoms with E-state index in [4.69, 9.17) is 23.7 Å². The molecule has 0 aromatic heterocycles. The van der Waals surface area contributed by atoms with Crippen LogP contribution in [0.4, 0.5) is 0 Å². The minimum Gasteiger partial charge on any atom is -0.497 e. The number of ether oxygens (including phenoxy) is 5. The van der Waals surface area contributed by atoms with Gasteiger partial charge in [-0.3, -0.25) is 9.59 Å². The lowest BCUT2D eigenvalue weighted by molar-refractivity contribution is -0.135. The van der Waals surface area contributed by atoms with Crippen molar-refractivity contribution in [3.8, 4) is 28.7 Å². The Balaban J connectivity index is 1.42. The molecule has 0 aliphatic carbocycles. The zero-order chi connectivity index (χ0) is 26.1. The molecule has 3 aromatic carbocycles. The molecule has 0 amide bonds. The van der Waals surface area contributed by atoms with Gasteiger partial charge in [0.1, 0.15) is 17.2 Å². The molecule has 7 nitrogen and oxygen atoms in total. The third-order valence-electron chi connectivity index (χ3n) is 6.61. The molecular weight excluding hydrogens is 472 g/mol. The largest absolute Gasteiger partial charge is 0.497 e. The summed E-state index contributed by atoms with van der Waals surface area (Å²) < 4.78 is 28.4. The molecule has 5 rings (SSSR count). The van der Waals surface area contributed by atoms with E-state index in [0.29, 0.717) is 46.5 Å². The molecule has 1 atom stereocenters. The van der Waals surface area contributed by atoms with Gasteiger partial charge in [-0.15, -0.1) is 0 Å². The predicted octanol–water partition coefficient (Wildman–Crippen LogP) is 5.64. The lowest BCUT2D eigenvalue weighted by Gasteiger charge is -2.27. The average Bonchev–Trinajstić information content (AvgIpc) is 3.25. The van der Waals surface area contributed by atoms with Crippen molar-refractivity contribution in [2.75, 3.05) is 20.8 Å². The van der Waals surface area contributed by atoms with Crippen LogP contribution in [0.25, 0.3) is 0 Å². The van der Waals surface area contributed by atoms with Crippen LogP contribution in [-0.4, -0.2) is 32.6 Å². The molecule has 0 radical (unpaired) electrons. The van der Waals surface area contributed by atoms with Gasteiger partial charge in [0.2, 0.25) is 5.78 Å². The Labute approximate surface area is 215 Å². The molecule has 0 saturated heterocycles. The highest BCUT2D eigenvalue weighted by atomic mass is 16.5. The molecule has 0 spiro atoms. The van der Waals surface area contributed by atoms with Crippen molar-refractivity contribution in [1.29, 1.82) is 0 Å². The van der Waals surface area contributed by atoms with Gasteiger partial charge in [-0.05, 0) is 66.9 Å². The fraction of sp³-hybridized carbons (Fsp3) is 0.267. The topological polar surface area (TPSA) is 80.3 Å². The van der Waals surface area contributed by atoms with E-state index in [9.17, 15) is 9.59 Å². The zero-order valence-corrected chi connectivity index (χ0v) is 21.3. The number of esters is 1. The van der Waals surface area contributed by atoms with Crippen molar-refractivity contribution < 1.29 is 33.3 Å². The molecule has 37 heavy (non-hydrogen) atoms. The first kappa shape index (κ1) is 24.4. The van der Waals surface area contributed by atoms with Crippen molar-refractivity contribution in [3.63, 3.8) is 0 Å². The maximum atomic E-state index is 12.9. The monoisotopic (exact) mass is 500 g/mol. The number of carbonyl (C=O) groups is 2. The van der Waals surface area contributed by atoms with Gasteiger partial charge in [0.25, 0.3) is 0 Å². The molecule has 0 fully saturated rings. The maximum Gasteiger partial charge on any atom is 0.312 e. The van der Waals surface area contributed by atoms with Crippen LogP contribution in [0.2, 0.25) is 0 Å².